The summed E-state index contributed by atoms with van der Waals surface area (Å²) in [4.78, 5) is 48.7. The van der Waals surface area contributed by atoms with Crippen LogP contribution in [0.15, 0.2) is 28.6 Å². The van der Waals surface area contributed by atoms with Gasteiger partial charge in [-0.3, -0.25) is 9.59 Å². The topological polar surface area (TPSA) is 109 Å². The molecule has 24 heavy (non-hydrogen) atoms. The molecule has 0 aromatic heterocycles. The minimum absolute atomic E-state index is 0.138. The summed E-state index contributed by atoms with van der Waals surface area (Å²) < 4.78 is 4.53. The number of imide groups is 1. The normalized spacial score (nSPS) is 22.5. The largest absolute Gasteiger partial charge is 0.464 e. The molecule has 2 heterocycles. The van der Waals surface area contributed by atoms with Crippen LogP contribution in [0.3, 0.4) is 0 Å². The highest BCUT2D eigenvalue weighted by Crippen LogP contribution is 2.37. The number of hydrazone groups is 1. The number of anilines is 1. The molecule has 1 saturated heterocycles. The van der Waals surface area contributed by atoms with Crippen LogP contribution >= 0.6 is 23.2 Å². The maximum absolute atomic E-state index is 12.7. The number of nitroso groups, excluding NO2 is 1. The maximum atomic E-state index is 12.7. The van der Waals surface area contributed by atoms with Crippen LogP contribution in [0, 0.1) is 10.8 Å². The number of fused-ring (bicyclic) bond motifs is 1. The van der Waals surface area contributed by atoms with Crippen LogP contribution in [0.2, 0.25) is 10.0 Å². The first-order chi connectivity index (χ1) is 11.4. The van der Waals surface area contributed by atoms with Crippen LogP contribution in [0.4, 0.5) is 5.69 Å². The number of rotatable bonds is 3. The molecule has 1 fully saturated rings. The van der Waals surface area contributed by atoms with Crippen LogP contribution in [0.5, 0.6) is 0 Å². The van der Waals surface area contributed by atoms with Gasteiger partial charge in [-0.1, -0.05) is 23.2 Å². The second-order valence-electron chi connectivity index (χ2n) is 4.91. The Kier molecular flexibility index (Phi) is 3.98. The Balaban J connectivity index is 2.05. The van der Waals surface area contributed by atoms with Crippen molar-refractivity contribution in [3.05, 3.63) is 33.2 Å². The Morgan fingerprint density at radius 2 is 1.96 bits per heavy atom. The van der Waals surface area contributed by atoms with Crippen molar-refractivity contribution in [1.82, 2.24) is 5.12 Å². The number of nitrogens with zero attached hydrogens (tertiary/aromatic N) is 4. The molecule has 11 heteroatoms. The van der Waals surface area contributed by atoms with Gasteiger partial charge in [0.1, 0.15) is 5.92 Å². The lowest BCUT2D eigenvalue weighted by atomic mass is 9.98. The molecule has 1 aromatic carbocycles. The molecule has 124 valence electrons. The highest BCUT2D eigenvalue weighted by Gasteiger charge is 2.59. The number of hydrogen-bond donors (Lipinski definition) is 0. The van der Waals surface area contributed by atoms with Crippen molar-refractivity contribution >= 4 is 52.4 Å². The molecule has 0 spiro atoms. The molecule has 0 radical (unpaired) electrons. The van der Waals surface area contributed by atoms with Gasteiger partial charge in [-0.2, -0.15) is 0 Å². The van der Waals surface area contributed by atoms with Crippen LogP contribution in [0.25, 0.3) is 0 Å². The summed E-state index contributed by atoms with van der Waals surface area (Å²) in [5.41, 5.74) is -0.202. The van der Waals surface area contributed by atoms with E-state index in [1.165, 1.54) is 18.2 Å². The van der Waals surface area contributed by atoms with E-state index in [9.17, 15) is 19.3 Å². The van der Waals surface area contributed by atoms with Gasteiger partial charge in [-0.05, 0) is 18.2 Å². The molecular formula is C13H8Cl2N4O5. The quantitative estimate of drug-likeness (QED) is 0.451. The third-order valence-electron chi connectivity index (χ3n) is 3.67. The zero-order valence-electron chi connectivity index (χ0n) is 12.0. The summed E-state index contributed by atoms with van der Waals surface area (Å²) in [6, 6.07) is 2.82. The molecular weight excluding hydrogens is 363 g/mol. The molecule has 0 N–H and O–H groups in total. The van der Waals surface area contributed by atoms with Crippen molar-refractivity contribution in [2.24, 2.45) is 16.3 Å². The van der Waals surface area contributed by atoms with Gasteiger partial charge in [0.15, 0.2) is 11.8 Å². The van der Waals surface area contributed by atoms with E-state index in [0.717, 1.165) is 12.0 Å². The molecule has 2 atom stereocenters. The molecule has 2 aliphatic rings. The monoisotopic (exact) mass is 370 g/mol. The Hall–Kier alpha value is -2.52. The van der Waals surface area contributed by atoms with Gasteiger partial charge in [0.25, 0.3) is 5.91 Å². The first-order valence-corrected chi connectivity index (χ1v) is 7.28. The van der Waals surface area contributed by atoms with Gasteiger partial charge in [-0.25, -0.2) is 9.69 Å². The Morgan fingerprint density at radius 1 is 1.25 bits per heavy atom. The molecule has 0 bridgehead atoms. The lowest BCUT2D eigenvalue weighted by Crippen LogP contribution is -2.36. The second kappa shape index (κ2) is 5.84. The SMILES string of the molecule is COC(=O)C1=NN(N=O)[C@H]2C(=O)N(c3ccc(Cl)c(Cl)c3)C(=O)[C@H]12. The van der Waals surface area contributed by atoms with Gasteiger partial charge in [0.05, 0.1) is 28.1 Å². The van der Waals surface area contributed by atoms with Gasteiger partial charge < -0.3 is 4.74 Å². The number of methoxy groups -OCH3 is 1. The Labute approximate surface area is 144 Å². The number of esters is 1. The fourth-order valence-electron chi connectivity index (χ4n) is 2.61. The summed E-state index contributed by atoms with van der Waals surface area (Å²) in [5, 5.41) is 7.06. The van der Waals surface area contributed by atoms with Gasteiger partial charge in [0, 0.05) is 0 Å². The lowest BCUT2D eigenvalue weighted by Gasteiger charge is -2.17. The van der Waals surface area contributed by atoms with Crippen molar-refractivity contribution in [2.45, 2.75) is 6.04 Å². The van der Waals surface area contributed by atoms with Gasteiger partial charge in [-0.15, -0.1) is 15.1 Å². The molecule has 3 rings (SSSR count). The maximum Gasteiger partial charge on any atom is 0.355 e. The van der Waals surface area contributed by atoms with Gasteiger partial charge in [0.2, 0.25) is 5.91 Å². The second-order valence-corrected chi connectivity index (χ2v) is 5.73. The number of benzene rings is 1. The molecule has 2 amide bonds. The minimum Gasteiger partial charge on any atom is -0.464 e. The molecule has 0 saturated carbocycles. The fraction of sp³-hybridized carbons (Fsp3) is 0.231. The zero-order chi connectivity index (χ0) is 17.6. The van der Waals surface area contributed by atoms with E-state index in [1.807, 2.05) is 0 Å². The van der Waals surface area contributed by atoms with E-state index in [4.69, 9.17) is 23.2 Å². The predicted octanol–water partition coefficient (Wildman–Crippen LogP) is 1.38. The lowest BCUT2D eigenvalue weighted by molar-refractivity contribution is -0.133. The average molecular weight is 371 g/mol. The summed E-state index contributed by atoms with van der Waals surface area (Å²) in [6.07, 6.45) is 0. The number of carbonyl (C=O) groups is 3. The Morgan fingerprint density at radius 3 is 2.54 bits per heavy atom. The van der Waals surface area contributed by atoms with Crippen LogP contribution < -0.4 is 4.90 Å². The van der Waals surface area contributed by atoms with E-state index < -0.39 is 29.7 Å². The first-order valence-electron chi connectivity index (χ1n) is 6.53. The zero-order valence-corrected chi connectivity index (χ0v) is 13.5. The molecule has 2 aliphatic heterocycles. The van der Waals surface area contributed by atoms with Gasteiger partial charge >= 0.3 is 5.97 Å². The van der Waals surface area contributed by atoms with Crippen molar-refractivity contribution in [3.8, 4) is 0 Å². The highest BCUT2D eigenvalue weighted by molar-refractivity contribution is 6.47. The minimum atomic E-state index is -1.33. The average Bonchev–Trinajstić information content (AvgIpc) is 3.07. The Bertz CT molecular complexity index is 812. The predicted molar refractivity (Wildman–Crippen MR) is 83.3 cm³/mol. The summed E-state index contributed by atoms with van der Waals surface area (Å²) in [6.45, 7) is 0. The number of hydrogen-bond acceptors (Lipinski definition) is 7. The first kappa shape index (κ1) is 16.3. The van der Waals surface area contributed by atoms with Crippen molar-refractivity contribution in [1.29, 1.82) is 0 Å². The standard InChI is InChI=1S/C13H8Cl2N4O5/c1-24-13(22)9-8-10(19(16-9)17-23)12(21)18(11(8)20)5-2-3-6(14)7(15)4-5/h2-4,8,10H,1H3/t8-,10-/m1/s1. The third-order valence-corrected chi connectivity index (χ3v) is 4.41. The van der Waals surface area contributed by atoms with E-state index in [2.05, 4.69) is 15.1 Å². The molecule has 0 unspecified atom stereocenters. The number of carbonyl (C=O) groups excluding carboxylic acids is 3. The van der Waals surface area contributed by atoms with Crippen LogP contribution in [-0.2, 0) is 19.1 Å². The highest BCUT2D eigenvalue weighted by atomic mass is 35.5. The summed E-state index contributed by atoms with van der Waals surface area (Å²) >= 11 is 11.7. The molecule has 0 aliphatic carbocycles. The summed E-state index contributed by atoms with van der Waals surface area (Å²) in [7, 11) is 1.09. The van der Waals surface area contributed by atoms with Crippen LogP contribution in [0.1, 0.15) is 0 Å². The van der Waals surface area contributed by atoms with Crippen molar-refractivity contribution < 1.29 is 19.1 Å². The van der Waals surface area contributed by atoms with Crippen molar-refractivity contribution in [3.63, 3.8) is 0 Å². The van der Waals surface area contributed by atoms with E-state index >= 15 is 0 Å². The van der Waals surface area contributed by atoms with E-state index in [0.29, 0.717) is 5.12 Å². The number of halogens is 2. The van der Waals surface area contributed by atoms with Crippen molar-refractivity contribution in [2.75, 3.05) is 12.0 Å². The third kappa shape index (κ3) is 2.24. The van der Waals surface area contributed by atoms with E-state index in [1.54, 1.807) is 0 Å². The fourth-order valence-corrected chi connectivity index (χ4v) is 2.90. The number of ether oxygens (including phenoxy) is 1. The summed E-state index contributed by atoms with van der Waals surface area (Å²) in [5.74, 6) is -3.70. The smallest absolute Gasteiger partial charge is 0.355 e. The van der Waals surface area contributed by atoms with Crippen LogP contribution in [-0.4, -0.2) is 41.8 Å². The number of amides is 2. The molecule has 9 nitrogen and oxygen atoms in total. The molecule has 1 aromatic rings. The van der Waals surface area contributed by atoms with E-state index in [-0.39, 0.29) is 21.4 Å².